The molecule has 88 valence electrons. The number of likely N-dealkylation sites (tertiary alicyclic amines) is 1. The van der Waals surface area contributed by atoms with Gasteiger partial charge in [-0.1, -0.05) is 0 Å². The molecule has 1 amide bonds. The maximum Gasteiger partial charge on any atom is 0.242 e. The first kappa shape index (κ1) is 11.2. The Morgan fingerprint density at radius 3 is 2.75 bits per heavy atom. The van der Waals surface area contributed by atoms with Gasteiger partial charge in [-0.3, -0.25) is 4.79 Å². The first-order chi connectivity index (χ1) is 7.75. The highest BCUT2D eigenvalue weighted by Crippen LogP contribution is 2.11. The Hall–Kier alpha value is -1.29. The number of rotatable bonds is 2. The van der Waals surface area contributed by atoms with Gasteiger partial charge >= 0.3 is 0 Å². The Morgan fingerprint density at radius 1 is 1.25 bits per heavy atom. The van der Waals surface area contributed by atoms with Gasteiger partial charge in [0.25, 0.3) is 0 Å². The first-order valence-electron chi connectivity index (χ1n) is 5.82. The third-order valence-corrected chi connectivity index (χ3v) is 3.03. The number of carbonyl (C=O) groups excluding carboxylic acids is 1. The highest BCUT2D eigenvalue weighted by molar-refractivity contribution is 5.76. The van der Waals surface area contributed by atoms with Crippen LogP contribution in [0.2, 0.25) is 0 Å². The summed E-state index contributed by atoms with van der Waals surface area (Å²) in [6, 6.07) is 3.83. The lowest BCUT2D eigenvalue weighted by Crippen LogP contribution is -2.34. The van der Waals surface area contributed by atoms with Gasteiger partial charge in [0.15, 0.2) is 0 Å². The highest BCUT2D eigenvalue weighted by Gasteiger charge is 2.18. The molecule has 0 aromatic carbocycles. The molecule has 1 aromatic heterocycles. The summed E-state index contributed by atoms with van der Waals surface area (Å²) in [5.74, 6) is 0.144. The fraction of sp³-hybridized carbons (Fsp3) is 0.583. The topological polar surface area (TPSA) is 45.5 Å². The quantitative estimate of drug-likeness (QED) is 0.806. The van der Waals surface area contributed by atoms with E-state index in [9.17, 15) is 9.90 Å². The third kappa shape index (κ3) is 2.85. The van der Waals surface area contributed by atoms with Crippen LogP contribution in [0, 0.1) is 0 Å². The zero-order valence-electron chi connectivity index (χ0n) is 9.38. The predicted molar refractivity (Wildman–Crippen MR) is 60.9 cm³/mol. The third-order valence-electron chi connectivity index (χ3n) is 3.03. The Morgan fingerprint density at radius 2 is 2.00 bits per heavy atom. The Kier molecular flexibility index (Phi) is 3.62. The van der Waals surface area contributed by atoms with E-state index >= 15 is 0 Å². The minimum absolute atomic E-state index is 0.144. The lowest BCUT2D eigenvalue weighted by atomic mass is 10.2. The van der Waals surface area contributed by atoms with E-state index in [1.807, 2.05) is 34.0 Å². The zero-order valence-corrected chi connectivity index (χ0v) is 9.38. The van der Waals surface area contributed by atoms with Gasteiger partial charge in [-0.15, -0.1) is 0 Å². The van der Waals surface area contributed by atoms with Crippen molar-refractivity contribution in [3.63, 3.8) is 0 Å². The Balaban J connectivity index is 1.89. The zero-order chi connectivity index (χ0) is 11.4. The van der Waals surface area contributed by atoms with Gasteiger partial charge in [0, 0.05) is 25.5 Å². The van der Waals surface area contributed by atoms with E-state index in [2.05, 4.69) is 0 Å². The van der Waals surface area contributed by atoms with Crippen molar-refractivity contribution in [2.75, 3.05) is 13.1 Å². The van der Waals surface area contributed by atoms with Crippen LogP contribution in [-0.4, -0.2) is 39.7 Å². The van der Waals surface area contributed by atoms with Crippen molar-refractivity contribution < 1.29 is 9.90 Å². The fourth-order valence-electron chi connectivity index (χ4n) is 2.06. The van der Waals surface area contributed by atoms with Gasteiger partial charge in [-0.2, -0.15) is 0 Å². The van der Waals surface area contributed by atoms with Gasteiger partial charge in [-0.25, -0.2) is 0 Å². The summed E-state index contributed by atoms with van der Waals surface area (Å²) in [6.45, 7) is 1.86. The molecule has 0 spiro atoms. The van der Waals surface area contributed by atoms with Gasteiger partial charge in [0.05, 0.1) is 6.10 Å². The summed E-state index contributed by atoms with van der Waals surface area (Å²) in [5.41, 5.74) is 0. The fourth-order valence-corrected chi connectivity index (χ4v) is 2.06. The molecule has 1 aliphatic heterocycles. The number of aromatic nitrogens is 1. The molecule has 0 aliphatic carbocycles. The van der Waals surface area contributed by atoms with Crippen molar-refractivity contribution in [3.8, 4) is 0 Å². The molecule has 1 atom stereocenters. The summed E-state index contributed by atoms with van der Waals surface area (Å²) < 4.78 is 1.88. The number of aliphatic hydroxyl groups is 1. The molecule has 1 aliphatic rings. The van der Waals surface area contributed by atoms with Crippen LogP contribution in [0.3, 0.4) is 0 Å². The van der Waals surface area contributed by atoms with Crippen molar-refractivity contribution in [3.05, 3.63) is 24.5 Å². The molecule has 2 heterocycles. The van der Waals surface area contributed by atoms with E-state index in [1.54, 1.807) is 0 Å². The van der Waals surface area contributed by atoms with E-state index < -0.39 is 0 Å². The van der Waals surface area contributed by atoms with Gasteiger partial charge in [0.2, 0.25) is 5.91 Å². The average molecular weight is 222 g/mol. The monoisotopic (exact) mass is 222 g/mol. The van der Waals surface area contributed by atoms with E-state index in [4.69, 9.17) is 0 Å². The lowest BCUT2D eigenvalue weighted by molar-refractivity contribution is -0.131. The molecule has 0 radical (unpaired) electrons. The largest absolute Gasteiger partial charge is 0.393 e. The van der Waals surface area contributed by atoms with Crippen LogP contribution < -0.4 is 0 Å². The second-order valence-corrected chi connectivity index (χ2v) is 4.32. The summed E-state index contributed by atoms with van der Waals surface area (Å²) in [6.07, 6.45) is 5.97. The second-order valence-electron chi connectivity index (χ2n) is 4.32. The Bertz CT molecular complexity index is 335. The molecular weight excluding hydrogens is 204 g/mol. The normalized spacial score (nSPS) is 21.8. The van der Waals surface area contributed by atoms with Crippen LogP contribution in [0.5, 0.6) is 0 Å². The molecule has 4 heteroatoms. The van der Waals surface area contributed by atoms with Crippen LogP contribution in [0.4, 0.5) is 0 Å². The second kappa shape index (κ2) is 5.16. The number of nitrogens with zero attached hydrogens (tertiary/aromatic N) is 2. The van der Waals surface area contributed by atoms with Crippen LogP contribution in [-0.2, 0) is 11.3 Å². The summed E-state index contributed by atoms with van der Waals surface area (Å²) in [4.78, 5) is 13.8. The minimum atomic E-state index is -0.232. The molecule has 1 N–H and O–H groups in total. The number of hydrogen-bond acceptors (Lipinski definition) is 2. The number of amides is 1. The molecule has 0 bridgehead atoms. The molecule has 1 saturated heterocycles. The van der Waals surface area contributed by atoms with Crippen molar-refractivity contribution in [1.29, 1.82) is 0 Å². The summed E-state index contributed by atoms with van der Waals surface area (Å²) >= 11 is 0. The molecule has 2 rings (SSSR count). The van der Waals surface area contributed by atoms with Crippen LogP contribution >= 0.6 is 0 Å². The molecular formula is C12H18N2O2. The molecule has 1 aromatic rings. The standard InChI is InChI=1S/C12H18N2O2/c15-11-4-3-8-14(9-5-11)12(16)10-13-6-1-2-7-13/h1-2,6-7,11,15H,3-5,8-10H2/t11-/m1/s1. The molecule has 1 fully saturated rings. The highest BCUT2D eigenvalue weighted by atomic mass is 16.3. The molecule has 16 heavy (non-hydrogen) atoms. The molecule has 4 nitrogen and oxygen atoms in total. The van der Waals surface area contributed by atoms with Crippen LogP contribution in [0.15, 0.2) is 24.5 Å². The SMILES string of the molecule is O=C(Cn1cccc1)N1CCC[C@@H](O)CC1. The molecule has 0 unspecified atom stereocenters. The first-order valence-corrected chi connectivity index (χ1v) is 5.82. The van der Waals surface area contributed by atoms with E-state index in [1.165, 1.54) is 0 Å². The summed E-state index contributed by atoms with van der Waals surface area (Å²) in [7, 11) is 0. The summed E-state index contributed by atoms with van der Waals surface area (Å²) in [5, 5.41) is 9.50. The van der Waals surface area contributed by atoms with Crippen molar-refractivity contribution in [1.82, 2.24) is 9.47 Å². The van der Waals surface area contributed by atoms with Crippen molar-refractivity contribution in [2.45, 2.75) is 31.9 Å². The van der Waals surface area contributed by atoms with Gasteiger partial charge < -0.3 is 14.6 Å². The van der Waals surface area contributed by atoms with Gasteiger partial charge in [-0.05, 0) is 31.4 Å². The van der Waals surface area contributed by atoms with Crippen molar-refractivity contribution >= 4 is 5.91 Å². The maximum atomic E-state index is 11.9. The number of carbonyl (C=O) groups is 1. The van der Waals surface area contributed by atoms with Crippen LogP contribution in [0.1, 0.15) is 19.3 Å². The van der Waals surface area contributed by atoms with Crippen molar-refractivity contribution in [2.24, 2.45) is 0 Å². The van der Waals surface area contributed by atoms with Crippen LogP contribution in [0.25, 0.3) is 0 Å². The van der Waals surface area contributed by atoms with Gasteiger partial charge in [0.1, 0.15) is 6.54 Å². The van der Waals surface area contributed by atoms with E-state index in [0.29, 0.717) is 19.5 Å². The van der Waals surface area contributed by atoms with E-state index in [0.717, 1.165) is 19.4 Å². The minimum Gasteiger partial charge on any atom is -0.393 e. The lowest BCUT2D eigenvalue weighted by Gasteiger charge is -2.20. The smallest absolute Gasteiger partial charge is 0.242 e. The number of hydrogen-bond donors (Lipinski definition) is 1. The number of aliphatic hydroxyl groups excluding tert-OH is 1. The predicted octanol–water partition coefficient (Wildman–Crippen LogP) is 0.861. The average Bonchev–Trinajstić information content (AvgIpc) is 2.66. The van der Waals surface area contributed by atoms with E-state index in [-0.39, 0.29) is 12.0 Å². The Labute approximate surface area is 95.5 Å². The maximum absolute atomic E-state index is 11.9. The molecule has 0 saturated carbocycles.